The van der Waals surface area contributed by atoms with Gasteiger partial charge in [-0.2, -0.15) is 0 Å². The Kier molecular flexibility index (Phi) is 3.33. The van der Waals surface area contributed by atoms with Crippen LogP contribution < -0.4 is 0 Å². The van der Waals surface area contributed by atoms with E-state index in [0.717, 1.165) is 0 Å². The van der Waals surface area contributed by atoms with Crippen LogP contribution in [0.1, 0.15) is 17.9 Å². The van der Waals surface area contributed by atoms with E-state index < -0.39 is 11.2 Å². The van der Waals surface area contributed by atoms with Gasteiger partial charge in [-0.05, 0) is 19.1 Å². The molecular weight excluding hydrogens is 211 g/mol. The Bertz CT molecular complexity index is 340. The first-order valence-electron chi connectivity index (χ1n) is 3.65. The van der Waals surface area contributed by atoms with Crippen molar-refractivity contribution < 1.29 is 9.18 Å². The van der Waals surface area contributed by atoms with Crippen LogP contribution in [0, 0.1) is 5.82 Å². The molecule has 13 heavy (non-hydrogen) atoms. The molecule has 1 aromatic rings. The van der Waals surface area contributed by atoms with Crippen molar-refractivity contribution in [3.63, 3.8) is 0 Å². The van der Waals surface area contributed by atoms with Gasteiger partial charge in [0.1, 0.15) is 11.2 Å². The summed E-state index contributed by atoms with van der Waals surface area (Å²) in [6.45, 7) is 1.33. The van der Waals surface area contributed by atoms with Gasteiger partial charge in [-0.15, -0.1) is 24.2 Å². The molecule has 0 fully saturated rings. The number of ketones is 1. The summed E-state index contributed by atoms with van der Waals surface area (Å²) < 4.78 is 13.2. The third kappa shape index (κ3) is 2.45. The van der Waals surface area contributed by atoms with Gasteiger partial charge in [-0.3, -0.25) is 4.79 Å². The number of alkyl halides is 1. The van der Waals surface area contributed by atoms with E-state index in [1.165, 1.54) is 19.1 Å². The van der Waals surface area contributed by atoms with Crippen LogP contribution in [0.3, 0.4) is 0 Å². The van der Waals surface area contributed by atoms with Crippen LogP contribution in [0.5, 0.6) is 0 Å². The summed E-state index contributed by atoms with van der Waals surface area (Å²) in [4.78, 5) is 11.4. The highest BCUT2D eigenvalue weighted by atomic mass is 35.5. The average Bonchev–Trinajstić information content (AvgIpc) is 2.03. The fourth-order valence-electron chi connectivity index (χ4n) is 0.941. The topological polar surface area (TPSA) is 17.1 Å². The highest BCUT2D eigenvalue weighted by Crippen LogP contribution is 2.25. The fourth-order valence-corrected chi connectivity index (χ4v) is 1.31. The zero-order chi connectivity index (χ0) is 10.0. The van der Waals surface area contributed by atoms with Gasteiger partial charge in [0.2, 0.25) is 0 Å². The molecule has 0 saturated heterocycles. The van der Waals surface area contributed by atoms with Gasteiger partial charge in [-0.1, -0.05) is 6.07 Å². The molecule has 1 nitrogen and oxygen atoms in total. The second-order valence-electron chi connectivity index (χ2n) is 2.68. The second-order valence-corrected chi connectivity index (χ2v) is 3.63. The average molecular weight is 219 g/mol. The fraction of sp³-hybridized carbons (Fsp3) is 0.222. The monoisotopic (exact) mass is 218 g/mol. The van der Waals surface area contributed by atoms with Gasteiger partial charge >= 0.3 is 0 Å². The van der Waals surface area contributed by atoms with Gasteiger partial charge in [0, 0.05) is 10.5 Å². The molecule has 0 radical (unpaired) electrons. The van der Waals surface area contributed by atoms with Crippen molar-refractivity contribution in [2.24, 2.45) is 0 Å². The van der Waals surface area contributed by atoms with E-state index in [1.54, 1.807) is 6.07 Å². The second kappa shape index (κ2) is 4.11. The molecular formula is C9H8ClFOS. The number of benzene rings is 1. The Morgan fingerprint density at radius 1 is 1.62 bits per heavy atom. The van der Waals surface area contributed by atoms with Crippen molar-refractivity contribution in [2.75, 3.05) is 0 Å². The van der Waals surface area contributed by atoms with E-state index in [-0.39, 0.29) is 11.3 Å². The molecule has 70 valence electrons. The summed E-state index contributed by atoms with van der Waals surface area (Å²) in [6, 6.07) is 4.30. The highest BCUT2D eigenvalue weighted by molar-refractivity contribution is 7.80. The first kappa shape index (κ1) is 10.5. The standard InChI is InChI=1S/C9H8ClFOS/c1-5(12)9(10)7-3-2-6(13)4-8(7)11/h2-4,9,13H,1H3. The maximum atomic E-state index is 13.2. The number of thiol groups is 1. The van der Waals surface area contributed by atoms with E-state index in [0.29, 0.717) is 4.90 Å². The van der Waals surface area contributed by atoms with Crippen molar-refractivity contribution >= 4 is 30.0 Å². The lowest BCUT2D eigenvalue weighted by Crippen LogP contribution is -2.03. The van der Waals surface area contributed by atoms with E-state index >= 15 is 0 Å². The van der Waals surface area contributed by atoms with Gasteiger partial charge < -0.3 is 0 Å². The molecule has 1 rings (SSSR count). The zero-order valence-corrected chi connectivity index (χ0v) is 8.57. The number of hydrogen-bond acceptors (Lipinski definition) is 2. The van der Waals surface area contributed by atoms with Crippen LogP contribution in [-0.4, -0.2) is 5.78 Å². The Labute approximate surface area is 86.3 Å². The summed E-state index contributed by atoms with van der Waals surface area (Å²) in [5.41, 5.74) is 0.201. The summed E-state index contributed by atoms with van der Waals surface area (Å²) in [5, 5.41) is -0.908. The number of halogens is 2. The van der Waals surface area contributed by atoms with Gasteiger partial charge in [-0.25, -0.2) is 4.39 Å². The predicted octanol–water partition coefficient (Wildman–Crippen LogP) is 2.98. The minimum Gasteiger partial charge on any atom is -0.298 e. The minimum atomic E-state index is -0.908. The van der Waals surface area contributed by atoms with E-state index in [9.17, 15) is 9.18 Å². The van der Waals surface area contributed by atoms with Crippen LogP contribution in [-0.2, 0) is 4.79 Å². The quantitative estimate of drug-likeness (QED) is 0.597. The maximum Gasteiger partial charge on any atom is 0.152 e. The molecule has 1 atom stereocenters. The SMILES string of the molecule is CC(=O)C(Cl)c1ccc(S)cc1F. The molecule has 0 aromatic heterocycles. The molecule has 4 heteroatoms. The van der Waals surface area contributed by atoms with Gasteiger partial charge in [0.05, 0.1) is 0 Å². The molecule has 0 spiro atoms. The third-order valence-corrected chi connectivity index (χ3v) is 2.43. The Morgan fingerprint density at radius 3 is 2.69 bits per heavy atom. The number of Topliss-reactive ketones (excluding diaryl/α,β-unsaturated/α-hetero) is 1. The first-order valence-corrected chi connectivity index (χ1v) is 4.53. The lowest BCUT2D eigenvalue weighted by atomic mass is 10.1. The maximum absolute atomic E-state index is 13.2. The van der Waals surface area contributed by atoms with Crippen LogP contribution >= 0.6 is 24.2 Å². The predicted molar refractivity (Wildman–Crippen MR) is 52.9 cm³/mol. The molecule has 1 unspecified atom stereocenters. The molecule has 1 aromatic carbocycles. The normalized spacial score (nSPS) is 12.6. The first-order chi connectivity index (χ1) is 6.02. The summed E-state index contributed by atoms with van der Waals surface area (Å²) in [6.07, 6.45) is 0. The molecule has 0 aliphatic heterocycles. The zero-order valence-electron chi connectivity index (χ0n) is 6.92. The number of carbonyl (C=O) groups excluding carboxylic acids is 1. The summed E-state index contributed by atoms with van der Waals surface area (Å²) in [7, 11) is 0. The van der Waals surface area contributed by atoms with Crippen molar-refractivity contribution in [1.29, 1.82) is 0 Å². The molecule has 0 aliphatic rings. The summed E-state index contributed by atoms with van der Waals surface area (Å²) >= 11 is 9.64. The number of rotatable bonds is 2. The molecule has 0 N–H and O–H groups in total. The highest BCUT2D eigenvalue weighted by Gasteiger charge is 2.16. The third-order valence-electron chi connectivity index (χ3n) is 1.61. The molecule has 0 aliphatic carbocycles. The minimum absolute atomic E-state index is 0.201. The van der Waals surface area contributed by atoms with Crippen LogP contribution in [0.4, 0.5) is 4.39 Å². The Balaban J connectivity index is 3.08. The molecule has 0 heterocycles. The van der Waals surface area contributed by atoms with E-state index in [1.807, 2.05) is 0 Å². The Hall–Kier alpha value is -0.540. The lowest BCUT2D eigenvalue weighted by Gasteiger charge is -2.07. The number of carbonyl (C=O) groups is 1. The Morgan fingerprint density at radius 2 is 2.23 bits per heavy atom. The van der Waals surface area contributed by atoms with E-state index in [2.05, 4.69) is 12.6 Å². The van der Waals surface area contributed by atoms with Crippen LogP contribution in [0.25, 0.3) is 0 Å². The van der Waals surface area contributed by atoms with Crippen molar-refractivity contribution in [1.82, 2.24) is 0 Å². The largest absolute Gasteiger partial charge is 0.298 e. The molecule has 0 saturated carbocycles. The van der Waals surface area contributed by atoms with Crippen molar-refractivity contribution in [3.05, 3.63) is 29.6 Å². The van der Waals surface area contributed by atoms with Crippen LogP contribution in [0.15, 0.2) is 23.1 Å². The van der Waals surface area contributed by atoms with Crippen molar-refractivity contribution in [2.45, 2.75) is 17.2 Å². The summed E-state index contributed by atoms with van der Waals surface area (Å²) in [5.74, 6) is -0.768. The smallest absolute Gasteiger partial charge is 0.152 e. The van der Waals surface area contributed by atoms with Crippen molar-refractivity contribution in [3.8, 4) is 0 Å². The van der Waals surface area contributed by atoms with E-state index in [4.69, 9.17) is 11.6 Å². The van der Waals surface area contributed by atoms with Gasteiger partial charge in [0.25, 0.3) is 0 Å². The molecule has 0 amide bonds. The van der Waals surface area contributed by atoms with Gasteiger partial charge in [0.15, 0.2) is 5.78 Å². The molecule has 0 bridgehead atoms. The number of hydrogen-bond donors (Lipinski definition) is 1. The van der Waals surface area contributed by atoms with Crippen LogP contribution in [0.2, 0.25) is 0 Å². The lowest BCUT2D eigenvalue weighted by molar-refractivity contribution is -0.116.